The van der Waals surface area contributed by atoms with Gasteiger partial charge in [0.2, 0.25) is 5.88 Å². The highest BCUT2D eigenvalue weighted by Crippen LogP contribution is 2.45. The monoisotopic (exact) mass is 559 g/mol. The molecule has 4 rings (SSSR count). The number of benzene rings is 1. The number of hydrogen-bond acceptors (Lipinski definition) is 7. The zero-order valence-corrected chi connectivity index (χ0v) is 25.9. The number of pyridine rings is 2. The molecule has 7 nitrogen and oxygen atoms in total. The van der Waals surface area contributed by atoms with E-state index in [0.29, 0.717) is 12.5 Å². The van der Waals surface area contributed by atoms with Crippen molar-refractivity contribution in [1.82, 2.24) is 9.97 Å². The van der Waals surface area contributed by atoms with Gasteiger partial charge >= 0.3 is 5.97 Å². The smallest absolute Gasteiger partial charge is 0.340 e. The van der Waals surface area contributed by atoms with Crippen LogP contribution in [0.2, 0.25) is 0 Å². The second kappa shape index (κ2) is 12.6. The van der Waals surface area contributed by atoms with Crippen molar-refractivity contribution in [2.24, 2.45) is 5.41 Å². The molecule has 1 fully saturated rings. The molecular formula is C34H45N3O4. The van der Waals surface area contributed by atoms with Crippen molar-refractivity contribution >= 4 is 11.7 Å². The molecule has 3 aromatic rings. The molecule has 1 aromatic carbocycles. The van der Waals surface area contributed by atoms with E-state index in [1.165, 1.54) is 0 Å². The van der Waals surface area contributed by atoms with Gasteiger partial charge in [-0.25, -0.2) is 9.78 Å². The van der Waals surface area contributed by atoms with Crippen LogP contribution >= 0.6 is 0 Å². The van der Waals surface area contributed by atoms with E-state index in [9.17, 15) is 4.79 Å². The number of hydrogen-bond donors (Lipinski definition) is 0. The Labute approximate surface area is 245 Å². The summed E-state index contributed by atoms with van der Waals surface area (Å²) < 4.78 is 17.9. The van der Waals surface area contributed by atoms with E-state index in [4.69, 9.17) is 19.2 Å². The first kappa shape index (κ1) is 30.5. The molecule has 0 amide bonds. The number of rotatable bonds is 9. The van der Waals surface area contributed by atoms with Crippen LogP contribution in [0, 0.1) is 19.3 Å². The van der Waals surface area contributed by atoms with Crippen molar-refractivity contribution in [2.75, 3.05) is 24.6 Å². The molecule has 220 valence electrons. The van der Waals surface area contributed by atoms with Gasteiger partial charge in [0.15, 0.2) is 6.10 Å². The first-order valence-electron chi connectivity index (χ1n) is 14.6. The molecule has 3 heterocycles. The Bertz CT molecular complexity index is 1320. The van der Waals surface area contributed by atoms with Gasteiger partial charge < -0.3 is 19.1 Å². The number of esters is 1. The summed E-state index contributed by atoms with van der Waals surface area (Å²) in [6.07, 6.45) is 3.01. The predicted octanol–water partition coefficient (Wildman–Crippen LogP) is 7.39. The Morgan fingerprint density at radius 1 is 1.02 bits per heavy atom. The maximum atomic E-state index is 13.5. The third-order valence-electron chi connectivity index (χ3n) is 7.50. The van der Waals surface area contributed by atoms with Crippen molar-refractivity contribution in [3.05, 3.63) is 71.2 Å². The number of aromatic nitrogens is 2. The Kier molecular flexibility index (Phi) is 9.37. The Hall–Kier alpha value is -3.45. The summed E-state index contributed by atoms with van der Waals surface area (Å²) in [5.74, 6) is 0.154. The third kappa shape index (κ3) is 7.64. The highest BCUT2D eigenvalue weighted by molar-refractivity contribution is 5.88. The van der Waals surface area contributed by atoms with Crippen LogP contribution in [0.1, 0.15) is 83.0 Å². The minimum atomic E-state index is -0.909. The predicted molar refractivity (Wildman–Crippen MR) is 163 cm³/mol. The molecule has 0 spiro atoms. The number of carbonyl (C=O) groups is 1. The van der Waals surface area contributed by atoms with Gasteiger partial charge in [0, 0.05) is 53.4 Å². The lowest BCUT2D eigenvalue weighted by Crippen LogP contribution is -2.39. The molecule has 1 aliphatic rings. The molecular weight excluding hydrogens is 514 g/mol. The molecule has 1 unspecified atom stereocenters. The number of nitrogens with zero attached hydrogens (tertiary/aromatic N) is 3. The van der Waals surface area contributed by atoms with Gasteiger partial charge in [0.25, 0.3) is 0 Å². The largest absolute Gasteiger partial charge is 0.473 e. The maximum Gasteiger partial charge on any atom is 0.340 e. The van der Waals surface area contributed by atoms with Crippen LogP contribution < -0.4 is 9.64 Å². The number of aryl methyl sites for hydroxylation is 2. The van der Waals surface area contributed by atoms with Gasteiger partial charge in [-0.15, -0.1) is 0 Å². The molecule has 0 radical (unpaired) electrons. The van der Waals surface area contributed by atoms with Crippen LogP contribution in [0.3, 0.4) is 0 Å². The van der Waals surface area contributed by atoms with Crippen LogP contribution in [0.15, 0.2) is 48.7 Å². The Morgan fingerprint density at radius 2 is 1.71 bits per heavy atom. The Balaban J connectivity index is 1.82. The topological polar surface area (TPSA) is 73.8 Å². The standard InChI is InChI=1S/C34H45N3O4/c1-9-39-32(38)31(41-33(4,5)6)29-24(3)36-23(2)28(30(29)37-19-17-34(7,8)18-20-37)26-15-16-27(35-21-26)40-22-25-13-11-10-12-14-25/h10-16,21,31H,9,17-20,22H2,1-8H3. The van der Waals surface area contributed by atoms with Crippen LogP contribution in [0.5, 0.6) is 5.88 Å². The van der Waals surface area contributed by atoms with Gasteiger partial charge in [-0.2, -0.15) is 0 Å². The zero-order chi connectivity index (χ0) is 29.8. The Morgan fingerprint density at radius 3 is 2.29 bits per heavy atom. The van der Waals surface area contributed by atoms with E-state index in [0.717, 1.165) is 65.3 Å². The van der Waals surface area contributed by atoms with E-state index in [1.54, 1.807) is 0 Å². The number of piperidine rings is 1. The lowest BCUT2D eigenvalue weighted by atomic mass is 9.82. The molecule has 0 aliphatic carbocycles. The van der Waals surface area contributed by atoms with Gasteiger partial charge in [-0.1, -0.05) is 44.2 Å². The van der Waals surface area contributed by atoms with E-state index in [2.05, 4.69) is 23.7 Å². The normalized spacial score (nSPS) is 15.9. The average Bonchev–Trinajstić information content (AvgIpc) is 2.91. The first-order chi connectivity index (χ1) is 19.4. The van der Waals surface area contributed by atoms with Crippen molar-refractivity contribution in [3.8, 4) is 17.0 Å². The zero-order valence-electron chi connectivity index (χ0n) is 25.9. The third-order valence-corrected chi connectivity index (χ3v) is 7.50. The first-order valence-corrected chi connectivity index (χ1v) is 14.6. The highest BCUT2D eigenvalue weighted by atomic mass is 16.6. The molecule has 41 heavy (non-hydrogen) atoms. The average molecular weight is 560 g/mol. The van der Waals surface area contributed by atoms with Gasteiger partial charge in [0.1, 0.15) is 6.61 Å². The minimum Gasteiger partial charge on any atom is -0.473 e. The molecule has 0 N–H and O–H groups in total. The van der Waals surface area contributed by atoms with Gasteiger partial charge in [-0.3, -0.25) is 4.98 Å². The number of carbonyl (C=O) groups excluding carboxylic acids is 1. The van der Waals surface area contributed by atoms with Gasteiger partial charge in [0.05, 0.1) is 17.9 Å². The lowest BCUT2D eigenvalue weighted by Gasteiger charge is -2.41. The molecule has 0 saturated carbocycles. The fraction of sp³-hybridized carbons (Fsp3) is 0.500. The fourth-order valence-corrected chi connectivity index (χ4v) is 5.31. The van der Waals surface area contributed by atoms with Crippen molar-refractivity contribution in [1.29, 1.82) is 0 Å². The SMILES string of the molecule is CCOC(=O)C(OC(C)(C)C)c1c(C)nc(C)c(-c2ccc(OCc3ccccc3)nc2)c1N1CCC(C)(C)CC1. The second-order valence-corrected chi connectivity index (χ2v) is 12.6. The maximum absolute atomic E-state index is 13.5. The van der Waals surface area contributed by atoms with Crippen molar-refractivity contribution in [2.45, 2.75) is 86.5 Å². The summed E-state index contributed by atoms with van der Waals surface area (Å²) in [5.41, 5.74) is 6.04. The molecule has 1 aliphatic heterocycles. The van der Waals surface area contributed by atoms with Crippen LogP contribution in [-0.4, -0.2) is 41.2 Å². The summed E-state index contributed by atoms with van der Waals surface area (Å²) in [4.78, 5) is 25.5. The molecule has 0 bridgehead atoms. The molecule has 2 aromatic heterocycles. The van der Waals surface area contributed by atoms with Crippen molar-refractivity contribution < 1.29 is 19.0 Å². The minimum absolute atomic E-state index is 0.260. The second-order valence-electron chi connectivity index (χ2n) is 12.6. The summed E-state index contributed by atoms with van der Waals surface area (Å²) in [5, 5.41) is 0. The summed E-state index contributed by atoms with van der Waals surface area (Å²) >= 11 is 0. The lowest BCUT2D eigenvalue weighted by molar-refractivity contribution is -0.166. The van der Waals surface area contributed by atoms with Crippen LogP contribution in [0.4, 0.5) is 5.69 Å². The van der Waals surface area contributed by atoms with E-state index in [1.807, 2.05) is 90.2 Å². The molecule has 7 heteroatoms. The summed E-state index contributed by atoms with van der Waals surface area (Å²) in [6.45, 7) is 18.8. The summed E-state index contributed by atoms with van der Waals surface area (Å²) in [6, 6.07) is 14.0. The summed E-state index contributed by atoms with van der Waals surface area (Å²) in [7, 11) is 0. The molecule has 1 saturated heterocycles. The number of ether oxygens (including phenoxy) is 3. The highest BCUT2D eigenvalue weighted by Gasteiger charge is 2.37. The van der Waals surface area contributed by atoms with E-state index in [-0.39, 0.29) is 12.0 Å². The van der Waals surface area contributed by atoms with Gasteiger partial charge in [-0.05, 0) is 71.4 Å². The molecule has 1 atom stereocenters. The van der Waals surface area contributed by atoms with Crippen LogP contribution in [-0.2, 0) is 20.9 Å². The van der Waals surface area contributed by atoms with E-state index >= 15 is 0 Å². The van der Waals surface area contributed by atoms with Crippen LogP contribution in [0.25, 0.3) is 11.1 Å². The quantitative estimate of drug-likeness (QED) is 0.253. The van der Waals surface area contributed by atoms with E-state index < -0.39 is 17.7 Å². The van der Waals surface area contributed by atoms with Crippen molar-refractivity contribution in [3.63, 3.8) is 0 Å². The number of anilines is 1. The fourth-order valence-electron chi connectivity index (χ4n) is 5.31.